The fraction of sp³-hybridized carbons (Fsp3) is 0. The van der Waals surface area contributed by atoms with Gasteiger partial charge in [-0.1, -0.05) is 18.2 Å². The van der Waals surface area contributed by atoms with Crippen molar-refractivity contribution in [3.63, 3.8) is 0 Å². The Balaban J connectivity index is 3.26. The molecule has 0 bridgehead atoms. The molecular formula is C9H6O3. The van der Waals surface area contributed by atoms with Gasteiger partial charge in [-0.25, -0.2) is 9.59 Å². The van der Waals surface area contributed by atoms with Crippen LogP contribution in [0.1, 0.15) is 15.9 Å². The van der Waals surface area contributed by atoms with Crippen molar-refractivity contribution in [2.24, 2.45) is 0 Å². The van der Waals surface area contributed by atoms with Crippen LogP contribution < -0.4 is 0 Å². The summed E-state index contributed by atoms with van der Waals surface area (Å²) in [7, 11) is 0. The lowest BCUT2D eigenvalue weighted by atomic mass is 10.1. The standard InChI is InChI=1S/C9H6O3/c10-6-5-7-3-1-2-4-8(7)9(11)12/h1-5H,(H,11,12). The smallest absolute Gasteiger partial charge is 0.336 e. The molecule has 60 valence electrons. The van der Waals surface area contributed by atoms with Gasteiger partial charge in [0, 0.05) is 6.08 Å². The van der Waals surface area contributed by atoms with E-state index in [1.54, 1.807) is 24.1 Å². The minimum atomic E-state index is -1.04. The maximum absolute atomic E-state index is 10.5. The molecule has 0 spiro atoms. The van der Waals surface area contributed by atoms with E-state index in [0.29, 0.717) is 5.56 Å². The molecule has 1 rings (SSSR count). The van der Waals surface area contributed by atoms with Crippen LogP contribution in [0.15, 0.2) is 24.3 Å². The maximum atomic E-state index is 10.5. The Bertz CT molecular complexity index is 328. The number of benzene rings is 1. The van der Waals surface area contributed by atoms with Crippen molar-refractivity contribution >= 4 is 18.0 Å². The molecule has 0 aliphatic rings. The van der Waals surface area contributed by atoms with Crippen molar-refractivity contribution in [1.82, 2.24) is 0 Å². The molecule has 0 saturated carbocycles. The Labute approximate surface area is 69.0 Å². The van der Waals surface area contributed by atoms with Gasteiger partial charge >= 0.3 is 5.97 Å². The molecule has 0 saturated heterocycles. The van der Waals surface area contributed by atoms with Crippen LogP contribution in [-0.4, -0.2) is 17.0 Å². The average molecular weight is 162 g/mol. The second kappa shape index (κ2) is 3.51. The quantitative estimate of drug-likeness (QED) is 0.665. The summed E-state index contributed by atoms with van der Waals surface area (Å²) in [5, 5.41) is 8.64. The summed E-state index contributed by atoms with van der Waals surface area (Å²) < 4.78 is 0. The highest BCUT2D eigenvalue weighted by molar-refractivity contribution is 5.94. The largest absolute Gasteiger partial charge is 0.478 e. The third kappa shape index (κ3) is 1.59. The number of rotatable bonds is 2. The summed E-state index contributed by atoms with van der Waals surface area (Å²) in [6.45, 7) is 0. The Kier molecular flexibility index (Phi) is 2.41. The van der Waals surface area contributed by atoms with Crippen LogP contribution in [0.5, 0.6) is 0 Å². The predicted octanol–water partition coefficient (Wildman–Crippen LogP) is 1.23. The minimum absolute atomic E-state index is 0.112. The highest BCUT2D eigenvalue weighted by Crippen LogP contribution is 2.08. The van der Waals surface area contributed by atoms with Gasteiger partial charge in [0.2, 0.25) is 0 Å². The predicted molar refractivity (Wildman–Crippen MR) is 43.6 cm³/mol. The van der Waals surface area contributed by atoms with Crippen molar-refractivity contribution in [2.45, 2.75) is 0 Å². The van der Waals surface area contributed by atoms with Crippen LogP contribution in [0, 0.1) is 0 Å². The SMILES string of the molecule is O=C=Cc1ccccc1C(=O)O. The molecule has 0 unspecified atom stereocenters. The van der Waals surface area contributed by atoms with E-state index in [2.05, 4.69) is 0 Å². The van der Waals surface area contributed by atoms with E-state index in [1.165, 1.54) is 6.07 Å². The summed E-state index contributed by atoms with van der Waals surface area (Å²) in [4.78, 5) is 20.5. The normalized spacial score (nSPS) is 8.67. The molecule has 0 aliphatic heterocycles. The zero-order valence-electron chi connectivity index (χ0n) is 6.15. The van der Waals surface area contributed by atoms with E-state index < -0.39 is 5.97 Å². The van der Waals surface area contributed by atoms with E-state index in [9.17, 15) is 9.59 Å². The number of hydrogen-bond acceptors (Lipinski definition) is 2. The number of carboxylic acids is 1. The topological polar surface area (TPSA) is 54.4 Å². The summed E-state index contributed by atoms with van der Waals surface area (Å²) in [6.07, 6.45) is 1.10. The molecule has 1 aromatic rings. The highest BCUT2D eigenvalue weighted by Gasteiger charge is 2.05. The molecule has 3 heteroatoms. The third-order valence-corrected chi connectivity index (χ3v) is 1.41. The van der Waals surface area contributed by atoms with Gasteiger partial charge in [0.05, 0.1) is 5.56 Å². The van der Waals surface area contributed by atoms with Gasteiger partial charge in [-0.15, -0.1) is 0 Å². The van der Waals surface area contributed by atoms with E-state index >= 15 is 0 Å². The van der Waals surface area contributed by atoms with Crippen molar-refractivity contribution in [3.05, 3.63) is 35.4 Å². The van der Waals surface area contributed by atoms with Crippen molar-refractivity contribution in [1.29, 1.82) is 0 Å². The first-order chi connectivity index (χ1) is 5.75. The second-order valence-electron chi connectivity index (χ2n) is 2.15. The number of carboxylic acid groups (broad SMARTS) is 1. The lowest BCUT2D eigenvalue weighted by Crippen LogP contribution is -1.98. The van der Waals surface area contributed by atoms with E-state index in [-0.39, 0.29) is 5.56 Å². The summed E-state index contributed by atoms with van der Waals surface area (Å²) in [6, 6.07) is 6.25. The number of hydrogen-bond donors (Lipinski definition) is 1. The molecule has 0 aliphatic carbocycles. The van der Waals surface area contributed by atoms with Gasteiger partial charge < -0.3 is 5.11 Å². The minimum Gasteiger partial charge on any atom is -0.478 e. The van der Waals surface area contributed by atoms with Crippen LogP contribution >= 0.6 is 0 Å². The molecule has 0 radical (unpaired) electrons. The zero-order valence-corrected chi connectivity index (χ0v) is 6.15. The van der Waals surface area contributed by atoms with Crippen molar-refractivity contribution in [2.75, 3.05) is 0 Å². The molecule has 0 atom stereocenters. The Morgan fingerprint density at radius 2 is 2.08 bits per heavy atom. The molecule has 12 heavy (non-hydrogen) atoms. The Morgan fingerprint density at radius 3 is 2.67 bits per heavy atom. The van der Waals surface area contributed by atoms with Crippen molar-refractivity contribution < 1.29 is 14.7 Å². The molecule has 0 aromatic heterocycles. The van der Waals surface area contributed by atoms with Crippen LogP contribution in [0.25, 0.3) is 6.08 Å². The van der Waals surface area contributed by atoms with Crippen LogP contribution in [0.2, 0.25) is 0 Å². The van der Waals surface area contributed by atoms with Gasteiger partial charge in [0.15, 0.2) is 0 Å². The molecular weight excluding hydrogens is 156 g/mol. The number of aromatic carboxylic acids is 1. The van der Waals surface area contributed by atoms with Gasteiger partial charge in [-0.3, -0.25) is 0 Å². The summed E-state index contributed by atoms with van der Waals surface area (Å²) >= 11 is 0. The monoisotopic (exact) mass is 162 g/mol. The third-order valence-electron chi connectivity index (χ3n) is 1.41. The van der Waals surface area contributed by atoms with Gasteiger partial charge in [0.1, 0.15) is 5.94 Å². The lowest BCUT2D eigenvalue weighted by Gasteiger charge is -1.96. The number of carbonyl (C=O) groups excluding carboxylic acids is 1. The van der Waals surface area contributed by atoms with Crippen molar-refractivity contribution in [3.8, 4) is 0 Å². The first-order valence-electron chi connectivity index (χ1n) is 3.29. The summed E-state index contributed by atoms with van der Waals surface area (Å²) in [5.74, 6) is 0.497. The molecule has 1 aromatic carbocycles. The van der Waals surface area contributed by atoms with E-state index in [1.807, 2.05) is 0 Å². The number of carbonyl (C=O) groups is 1. The van der Waals surface area contributed by atoms with Crippen LogP contribution in [-0.2, 0) is 4.79 Å². The van der Waals surface area contributed by atoms with Gasteiger partial charge in [-0.2, -0.15) is 0 Å². The second-order valence-corrected chi connectivity index (χ2v) is 2.15. The fourth-order valence-corrected chi connectivity index (χ4v) is 0.881. The van der Waals surface area contributed by atoms with Gasteiger partial charge in [-0.05, 0) is 11.6 Å². The summed E-state index contributed by atoms with van der Waals surface area (Å²) in [5.41, 5.74) is 0.487. The maximum Gasteiger partial charge on any atom is 0.336 e. The Hall–Kier alpha value is -1.86. The molecule has 0 fully saturated rings. The van der Waals surface area contributed by atoms with E-state index in [0.717, 1.165) is 6.08 Å². The average Bonchev–Trinajstić information content (AvgIpc) is 2.05. The van der Waals surface area contributed by atoms with Crippen LogP contribution in [0.4, 0.5) is 0 Å². The van der Waals surface area contributed by atoms with Crippen LogP contribution in [0.3, 0.4) is 0 Å². The lowest BCUT2D eigenvalue weighted by molar-refractivity contribution is 0.0696. The highest BCUT2D eigenvalue weighted by atomic mass is 16.4. The molecule has 1 N–H and O–H groups in total. The van der Waals surface area contributed by atoms with E-state index in [4.69, 9.17) is 5.11 Å². The first kappa shape index (κ1) is 8.24. The first-order valence-corrected chi connectivity index (χ1v) is 3.29. The molecule has 0 heterocycles. The molecule has 0 amide bonds. The zero-order chi connectivity index (χ0) is 8.97. The Morgan fingerprint density at radius 1 is 1.42 bits per heavy atom. The fourth-order valence-electron chi connectivity index (χ4n) is 0.881. The van der Waals surface area contributed by atoms with Gasteiger partial charge in [0.25, 0.3) is 0 Å². The molecule has 3 nitrogen and oxygen atoms in total.